The molecule has 0 saturated carbocycles. The molecule has 0 bridgehead atoms. The zero-order valence-corrected chi connectivity index (χ0v) is 9.32. The van der Waals surface area contributed by atoms with E-state index >= 15 is 0 Å². The van der Waals surface area contributed by atoms with E-state index in [0.717, 1.165) is 31.4 Å². The van der Waals surface area contributed by atoms with E-state index < -0.39 is 0 Å². The van der Waals surface area contributed by atoms with Gasteiger partial charge in [-0.05, 0) is 13.6 Å². The van der Waals surface area contributed by atoms with Gasteiger partial charge in [-0.1, -0.05) is 18.5 Å². The summed E-state index contributed by atoms with van der Waals surface area (Å²) < 4.78 is 7.86. The van der Waals surface area contributed by atoms with Crippen molar-refractivity contribution < 1.29 is 0 Å². The predicted molar refractivity (Wildman–Crippen MR) is 56.6 cm³/mol. The molecular formula is C7H13ClN4S. The van der Waals surface area contributed by atoms with Crippen molar-refractivity contribution in [1.29, 1.82) is 0 Å². The standard InChI is InChI=1S/C7H13ClN4S/c1-3-12(2)5-4-9-7-6(8)10-13-11-7/h3-5H2,1-2H3,(H,9,11). The Morgan fingerprint density at radius 1 is 1.54 bits per heavy atom. The van der Waals surface area contributed by atoms with E-state index in [4.69, 9.17) is 11.6 Å². The van der Waals surface area contributed by atoms with Gasteiger partial charge in [0.2, 0.25) is 0 Å². The van der Waals surface area contributed by atoms with Crippen LogP contribution in [0.1, 0.15) is 6.92 Å². The van der Waals surface area contributed by atoms with Gasteiger partial charge in [0.1, 0.15) is 0 Å². The summed E-state index contributed by atoms with van der Waals surface area (Å²) in [6.45, 7) is 4.99. The van der Waals surface area contributed by atoms with Gasteiger partial charge in [-0.15, -0.1) is 0 Å². The minimum Gasteiger partial charge on any atom is -0.365 e. The summed E-state index contributed by atoms with van der Waals surface area (Å²) in [6.07, 6.45) is 0. The van der Waals surface area contributed by atoms with Crippen molar-refractivity contribution in [3.8, 4) is 0 Å². The number of anilines is 1. The Kier molecular flexibility index (Phi) is 4.41. The molecule has 13 heavy (non-hydrogen) atoms. The third-order valence-electron chi connectivity index (χ3n) is 1.77. The number of nitrogens with zero attached hydrogens (tertiary/aromatic N) is 3. The van der Waals surface area contributed by atoms with Crippen LogP contribution >= 0.6 is 23.3 Å². The largest absolute Gasteiger partial charge is 0.365 e. The van der Waals surface area contributed by atoms with Crippen molar-refractivity contribution in [2.24, 2.45) is 0 Å². The Morgan fingerprint density at radius 2 is 2.31 bits per heavy atom. The molecule has 1 rings (SSSR count). The van der Waals surface area contributed by atoms with Crippen LogP contribution in [-0.2, 0) is 0 Å². The fraction of sp³-hybridized carbons (Fsp3) is 0.714. The van der Waals surface area contributed by atoms with Crippen molar-refractivity contribution >= 4 is 29.1 Å². The molecular weight excluding hydrogens is 208 g/mol. The van der Waals surface area contributed by atoms with Crippen LogP contribution in [0.4, 0.5) is 5.82 Å². The lowest BCUT2D eigenvalue weighted by molar-refractivity contribution is 0.367. The van der Waals surface area contributed by atoms with Crippen molar-refractivity contribution in [3.63, 3.8) is 0 Å². The molecule has 0 fully saturated rings. The lowest BCUT2D eigenvalue weighted by Gasteiger charge is -2.13. The van der Waals surface area contributed by atoms with E-state index in [1.165, 1.54) is 0 Å². The predicted octanol–water partition coefficient (Wildman–Crippen LogP) is 1.56. The molecule has 0 aliphatic rings. The van der Waals surface area contributed by atoms with Gasteiger partial charge >= 0.3 is 0 Å². The van der Waals surface area contributed by atoms with E-state index in [-0.39, 0.29) is 0 Å². The highest BCUT2D eigenvalue weighted by molar-refractivity contribution is 6.99. The SMILES string of the molecule is CCN(C)CCNc1nsnc1Cl. The van der Waals surface area contributed by atoms with Crippen LogP contribution in [0.25, 0.3) is 0 Å². The number of nitrogens with one attached hydrogen (secondary N) is 1. The van der Waals surface area contributed by atoms with Gasteiger partial charge in [0, 0.05) is 13.1 Å². The molecule has 0 aromatic carbocycles. The maximum Gasteiger partial charge on any atom is 0.186 e. The second kappa shape index (κ2) is 5.36. The van der Waals surface area contributed by atoms with E-state index in [0.29, 0.717) is 11.0 Å². The molecule has 0 spiro atoms. The Bertz CT molecular complexity index is 252. The molecule has 1 aromatic heterocycles. The normalized spacial score (nSPS) is 10.8. The van der Waals surface area contributed by atoms with Crippen LogP contribution in [0.3, 0.4) is 0 Å². The van der Waals surface area contributed by atoms with Crippen LogP contribution in [0.15, 0.2) is 0 Å². The number of likely N-dealkylation sites (N-methyl/N-ethyl adjacent to an activating group) is 1. The zero-order valence-electron chi connectivity index (χ0n) is 7.75. The third-order valence-corrected chi connectivity index (χ3v) is 2.67. The van der Waals surface area contributed by atoms with Gasteiger partial charge in [-0.2, -0.15) is 8.75 Å². The van der Waals surface area contributed by atoms with E-state index in [9.17, 15) is 0 Å². The van der Waals surface area contributed by atoms with Crippen LogP contribution in [-0.4, -0.2) is 40.3 Å². The summed E-state index contributed by atoms with van der Waals surface area (Å²) in [5.74, 6) is 0.691. The number of halogens is 1. The summed E-state index contributed by atoms with van der Waals surface area (Å²) in [4.78, 5) is 2.21. The minimum atomic E-state index is 0.462. The number of rotatable bonds is 5. The van der Waals surface area contributed by atoms with E-state index in [2.05, 4.69) is 32.9 Å². The third kappa shape index (κ3) is 3.46. The molecule has 1 aromatic rings. The first kappa shape index (κ1) is 10.7. The van der Waals surface area contributed by atoms with Crippen molar-refractivity contribution in [1.82, 2.24) is 13.6 Å². The summed E-state index contributed by atoms with van der Waals surface area (Å²) in [5, 5.41) is 3.58. The molecule has 0 aliphatic carbocycles. The molecule has 74 valence electrons. The smallest absolute Gasteiger partial charge is 0.186 e. The highest BCUT2D eigenvalue weighted by Gasteiger charge is 2.03. The number of hydrogen-bond donors (Lipinski definition) is 1. The van der Waals surface area contributed by atoms with Gasteiger partial charge in [-0.3, -0.25) is 0 Å². The summed E-state index contributed by atoms with van der Waals surface area (Å²) in [5.41, 5.74) is 0. The van der Waals surface area contributed by atoms with Gasteiger partial charge in [0.05, 0.1) is 11.7 Å². The van der Waals surface area contributed by atoms with Crippen molar-refractivity contribution in [2.75, 3.05) is 32.0 Å². The second-order valence-electron chi connectivity index (χ2n) is 2.73. The van der Waals surface area contributed by atoms with Gasteiger partial charge in [0.15, 0.2) is 11.0 Å². The molecule has 4 nitrogen and oxygen atoms in total. The number of hydrogen-bond acceptors (Lipinski definition) is 5. The Balaban J connectivity index is 2.24. The van der Waals surface area contributed by atoms with E-state index in [1.807, 2.05) is 0 Å². The fourth-order valence-electron chi connectivity index (χ4n) is 0.806. The fourth-order valence-corrected chi connectivity index (χ4v) is 1.49. The van der Waals surface area contributed by atoms with Crippen molar-refractivity contribution in [3.05, 3.63) is 5.15 Å². The lowest BCUT2D eigenvalue weighted by Crippen LogP contribution is -2.24. The highest BCUT2D eigenvalue weighted by Crippen LogP contribution is 2.16. The molecule has 0 amide bonds. The van der Waals surface area contributed by atoms with Crippen LogP contribution < -0.4 is 5.32 Å². The van der Waals surface area contributed by atoms with Gasteiger partial charge < -0.3 is 10.2 Å². The number of aromatic nitrogens is 2. The van der Waals surface area contributed by atoms with Gasteiger partial charge in [-0.25, -0.2) is 0 Å². The molecule has 6 heteroatoms. The first-order valence-electron chi connectivity index (χ1n) is 4.14. The maximum absolute atomic E-state index is 5.75. The van der Waals surface area contributed by atoms with Crippen LogP contribution in [0.5, 0.6) is 0 Å². The second-order valence-corrected chi connectivity index (χ2v) is 3.61. The van der Waals surface area contributed by atoms with Gasteiger partial charge in [0.25, 0.3) is 0 Å². The maximum atomic E-state index is 5.75. The molecule has 1 N–H and O–H groups in total. The van der Waals surface area contributed by atoms with Crippen LogP contribution in [0.2, 0.25) is 5.15 Å². The lowest BCUT2D eigenvalue weighted by atomic mass is 10.5. The molecule has 0 atom stereocenters. The summed E-state index contributed by atoms with van der Waals surface area (Å²) in [7, 11) is 2.07. The summed E-state index contributed by atoms with van der Waals surface area (Å²) >= 11 is 6.87. The molecule has 0 unspecified atom stereocenters. The zero-order chi connectivity index (χ0) is 9.68. The Hall–Kier alpha value is -0.390. The molecule has 1 heterocycles. The van der Waals surface area contributed by atoms with Crippen LogP contribution in [0, 0.1) is 0 Å². The average molecular weight is 221 g/mol. The Labute approximate surface area is 87.2 Å². The Morgan fingerprint density at radius 3 is 2.85 bits per heavy atom. The minimum absolute atomic E-state index is 0.462. The molecule has 0 aliphatic heterocycles. The molecule has 0 saturated heterocycles. The summed E-state index contributed by atoms with van der Waals surface area (Å²) in [6, 6.07) is 0. The monoisotopic (exact) mass is 220 g/mol. The molecule has 0 radical (unpaired) electrons. The van der Waals surface area contributed by atoms with Crippen molar-refractivity contribution in [2.45, 2.75) is 6.92 Å². The average Bonchev–Trinajstić information content (AvgIpc) is 2.52. The first-order chi connectivity index (χ1) is 6.24. The quantitative estimate of drug-likeness (QED) is 0.818. The first-order valence-corrected chi connectivity index (χ1v) is 5.25. The topological polar surface area (TPSA) is 41.0 Å². The van der Waals surface area contributed by atoms with E-state index in [1.54, 1.807) is 0 Å². The highest BCUT2D eigenvalue weighted by atomic mass is 35.5.